The van der Waals surface area contributed by atoms with Crippen molar-refractivity contribution in [3.63, 3.8) is 0 Å². The molecule has 0 atom stereocenters. The molecule has 7 nitrogen and oxygen atoms in total. The number of hydrogen-bond donors (Lipinski definition) is 1. The van der Waals surface area contributed by atoms with Gasteiger partial charge in [0.2, 0.25) is 5.95 Å². The summed E-state index contributed by atoms with van der Waals surface area (Å²) in [5.74, 6) is 1.11. The maximum absolute atomic E-state index is 5.96. The van der Waals surface area contributed by atoms with E-state index in [0.717, 1.165) is 22.3 Å². The Balaban J connectivity index is 1.72. The molecule has 0 saturated heterocycles. The molecule has 1 aromatic carbocycles. The lowest BCUT2D eigenvalue weighted by Crippen LogP contribution is -2.19. The molecule has 4 aromatic rings. The van der Waals surface area contributed by atoms with Crippen LogP contribution < -0.4 is 10.6 Å². The highest BCUT2D eigenvalue weighted by molar-refractivity contribution is 5.81. The van der Waals surface area contributed by atoms with Gasteiger partial charge in [0.1, 0.15) is 12.1 Å². The number of para-hydroxylation sites is 1. The second kappa shape index (κ2) is 5.20. The molecule has 0 bridgehead atoms. The first kappa shape index (κ1) is 13.4. The van der Waals surface area contributed by atoms with Gasteiger partial charge in [0.05, 0.1) is 5.52 Å². The van der Waals surface area contributed by atoms with Crippen LogP contribution in [-0.4, -0.2) is 31.6 Å². The standard InChI is InChI=1S/C16H15N7/c1-22(13-8-14-21-19-10-23(14)16(17)20-13)9-12-5-2-4-11-6-3-7-18-15(11)12/h2-8,10H,9H2,1H3,(H2,17,20). The van der Waals surface area contributed by atoms with Gasteiger partial charge in [0, 0.05) is 31.2 Å². The molecule has 4 rings (SSSR count). The van der Waals surface area contributed by atoms with E-state index in [1.165, 1.54) is 0 Å². The Morgan fingerprint density at radius 2 is 2.09 bits per heavy atom. The van der Waals surface area contributed by atoms with Crippen molar-refractivity contribution in [2.45, 2.75) is 6.54 Å². The Morgan fingerprint density at radius 1 is 1.22 bits per heavy atom. The molecule has 0 amide bonds. The zero-order valence-corrected chi connectivity index (χ0v) is 12.6. The number of pyridine rings is 1. The number of fused-ring (bicyclic) bond motifs is 2. The van der Waals surface area contributed by atoms with Crippen LogP contribution in [0.15, 0.2) is 48.9 Å². The van der Waals surface area contributed by atoms with E-state index < -0.39 is 0 Å². The van der Waals surface area contributed by atoms with Gasteiger partial charge >= 0.3 is 0 Å². The van der Waals surface area contributed by atoms with Gasteiger partial charge in [0.25, 0.3) is 0 Å². The molecule has 114 valence electrons. The van der Waals surface area contributed by atoms with Crippen LogP contribution in [0.5, 0.6) is 0 Å². The van der Waals surface area contributed by atoms with Crippen molar-refractivity contribution >= 4 is 28.3 Å². The Kier molecular flexibility index (Phi) is 3.04. The van der Waals surface area contributed by atoms with Crippen LogP contribution in [0.4, 0.5) is 11.8 Å². The molecule has 0 unspecified atom stereocenters. The van der Waals surface area contributed by atoms with Crippen molar-refractivity contribution in [1.29, 1.82) is 0 Å². The Labute approximate surface area is 132 Å². The summed E-state index contributed by atoms with van der Waals surface area (Å²) in [4.78, 5) is 10.9. The molecule has 3 aromatic heterocycles. The van der Waals surface area contributed by atoms with Gasteiger partial charge in [-0.25, -0.2) is 0 Å². The molecule has 23 heavy (non-hydrogen) atoms. The lowest BCUT2D eigenvalue weighted by molar-refractivity contribution is 0.895. The van der Waals surface area contributed by atoms with E-state index in [9.17, 15) is 0 Å². The third-order valence-corrected chi connectivity index (χ3v) is 3.82. The van der Waals surface area contributed by atoms with E-state index in [2.05, 4.69) is 38.4 Å². The fourth-order valence-electron chi connectivity index (χ4n) is 2.66. The monoisotopic (exact) mass is 305 g/mol. The SMILES string of the molecule is CN(Cc1cccc2cccnc12)c1cc2nncn2c(N)n1. The number of hydrogen-bond acceptors (Lipinski definition) is 6. The molecule has 0 radical (unpaired) electrons. The third-order valence-electron chi connectivity index (χ3n) is 3.82. The molecule has 0 saturated carbocycles. The first-order valence-electron chi connectivity index (χ1n) is 7.22. The van der Waals surface area contributed by atoms with E-state index in [-0.39, 0.29) is 0 Å². The van der Waals surface area contributed by atoms with Crippen LogP contribution in [-0.2, 0) is 6.54 Å². The van der Waals surface area contributed by atoms with E-state index in [0.29, 0.717) is 18.1 Å². The maximum atomic E-state index is 5.96. The minimum Gasteiger partial charge on any atom is -0.369 e. The van der Waals surface area contributed by atoms with Gasteiger partial charge < -0.3 is 10.6 Å². The van der Waals surface area contributed by atoms with E-state index in [1.807, 2.05) is 36.3 Å². The van der Waals surface area contributed by atoms with Gasteiger partial charge in [0.15, 0.2) is 5.65 Å². The number of rotatable bonds is 3. The number of benzene rings is 1. The minimum atomic E-state index is 0.366. The highest BCUT2D eigenvalue weighted by atomic mass is 15.3. The van der Waals surface area contributed by atoms with Crippen LogP contribution in [0, 0.1) is 0 Å². The van der Waals surface area contributed by atoms with Crippen LogP contribution in [0.2, 0.25) is 0 Å². The number of anilines is 2. The summed E-state index contributed by atoms with van der Waals surface area (Å²) in [5.41, 5.74) is 8.76. The van der Waals surface area contributed by atoms with Gasteiger partial charge in [-0.05, 0) is 11.6 Å². The molecular formula is C16H15N7. The zero-order chi connectivity index (χ0) is 15.8. The average Bonchev–Trinajstić information content (AvgIpc) is 3.04. The van der Waals surface area contributed by atoms with Gasteiger partial charge in [-0.3, -0.25) is 9.38 Å². The number of aromatic nitrogens is 5. The number of nitrogen functional groups attached to an aromatic ring is 1. The highest BCUT2D eigenvalue weighted by Crippen LogP contribution is 2.21. The lowest BCUT2D eigenvalue weighted by Gasteiger charge is -2.19. The molecule has 0 spiro atoms. The fourth-order valence-corrected chi connectivity index (χ4v) is 2.66. The Hall–Kier alpha value is -3.22. The summed E-state index contributed by atoms with van der Waals surface area (Å²) in [6.45, 7) is 0.672. The smallest absolute Gasteiger partial charge is 0.209 e. The number of nitrogens with two attached hydrogens (primary N) is 1. The topological polar surface area (TPSA) is 85.2 Å². The summed E-state index contributed by atoms with van der Waals surface area (Å²) >= 11 is 0. The fraction of sp³-hybridized carbons (Fsp3) is 0.125. The molecule has 0 aliphatic heterocycles. The van der Waals surface area contributed by atoms with E-state index in [1.54, 1.807) is 10.7 Å². The number of nitrogens with zero attached hydrogens (tertiary/aromatic N) is 6. The third kappa shape index (κ3) is 2.32. The predicted molar refractivity (Wildman–Crippen MR) is 89.0 cm³/mol. The van der Waals surface area contributed by atoms with Crippen LogP contribution in [0.1, 0.15) is 5.56 Å². The minimum absolute atomic E-state index is 0.366. The average molecular weight is 305 g/mol. The van der Waals surface area contributed by atoms with Gasteiger partial charge in [-0.15, -0.1) is 10.2 Å². The first-order chi connectivity index (χ1) is 11.2. The summed E-state index contributed by atoms with van der Waals surface area (Å²) in [6.07, 6.45) is 3.36. The summed E-state index contributed by atoms with van der Waals surface area (Å²) in [6, 6.07) is 12.0. The highest BCUT2D eigenvalue weighted by Gasteiger charge is 2.11. The molecule has 3 heterocycles. The van der Waals surface area contributed by atoms with Crippen LogP contribution in [0.25, 0.3) is 16.6 Å². The van der Waals surface area contributed by atoms with Crippen molar-refractivity contribution in [3.8, 4) is 0 Å². The van der Waals surface area contributed by atoms with Gasteiger partial charge in [-0.1, -0.05) is 24.3 Å². The molecule has 0 aliphatic carbocycles. The van der Waals surface area contributed by atoms with E-state index >= 15 is 0 Å². The zero-order valence-electron chi connectivity index (χ0n) is 12.6. The first-order valence-corrected chi connectivity index (χ1v) is 7.22. The van der Waals surface area contributed by atoms with Crippen molar-refractivity contribution in [3.05, 3.63) is 54.5 Å². The quantitative estimate of drug-likeness (QED) is 0.622. The maximum Gasteiger partial charge on any atom is 0.209 e. The molecular weight excluding hydrogens is 290 g/mol. The molecule has 2 N–H and O–H groups in total. The Morgan fingerprint density at radius 3 is 3.00 bits per heavy atom. The lowest BCUT2D eigenvalue weighted by atomic mass is 10.1. The molecule has 0 aliphatic rings. The Bertz CT molecular complexity index is 987. The van der Waals surface area contributed by atoms with Crippen molar-refractivity contribution in [2.24, 2.45) is 0 Å². The van der Waals surface area contributed by atoms with Crippen molar-refractivity contribution < 1.29 is 0 Å². The predicted octanol–water partition coefficient (Wildman–Crippen LogP) is 1.89. The van der Waals surface area contributed by atoms with Crippen LogP contribution >= 0.6 is 0 Å². The van der Waals surface area contributed by atoms with Crippen molar-refractivity contribution in [2.75, 3.05) is 17.7 Å². The van der Waals surface area contributed by atoms with Crippen LogP contribution in [0.3, 0.4) is 0 Å². The largest absolute Gasteiger partial charge is 0.369 e. The normalized spacial score (nSPS) is 11.2. The second-order valence-electron chi connectivity index (χ2n) is 5.38. The van der Waals surface area contributed by atoms with Crippen molar-refractivity contribution in [1.82, 2.24) is 24.6 Å². The summed E-state index contributed by atoms with van der Waals surface area (Å²) in [5, 5.41) is 9.01. The molecule has 7 heteroatoms. The summed E-state index contributed by atoms with van der Waals surface area (Å²) in [7, 11) is 1.97. The summed E-state index contributed by atoms with van der Waals surface area (Å²) < 4.78 is 1.65. The second-order valence-corrected chi connectivity index (χ2v) is 5.38. The molecule has 0 fully saturated rings. The van der Waals surface area contributed by atoms with E-state index in [4.69, 9.17) is 5.73 Å². The van der Waals surface area contributed by atoms with Gasteiger partial charge in [-0.2, -0.15) is 4.98 Å².